The van der Waals surface area contributed by atoms with Gasteiger partial charge in [-0.3, -0.25) is 4.79 Å². The van der Waals surface area contributed by atoms with Crippen molar-refractivity contribution in [3.05, 3.63) is 77.4 Å². The van der Waals surface area contributed by atoms with Crippen LogP contribution in [-0.4, -0.2) is 17.9 Å². The third-order valence-corrected chi connectivity index (χ3v) is 3.40. The average Bonchev–Trinajstić information content (AvgIpc) is 2.71. The monoisotopic (exact) mass is 259 g/mol. The van der Waals surface area contributed by atoms with Crippen LogP contribution in [0.3, 0.4) is 0 Å². The number of carbonyl (C=O) groups excluding carboxylic acids is 1. The fourth-order valence-corrected chi connectivity index (χ4v) is 2.20. The van der Waals surface area contributed by atoms with Crippen LogP contribution in [0.15, 0.2) is 55.1 Å². The predicted molar refractivity (Wildman–Crippen MR) is 80.0 cm³/mol. The minimum absolute atomic E-state index is 0.00688. The summed E-state index contributed by atoms with van der Waals surface area (Å²) in [7, 11) is 1.74. The Morgan fingerprint density at radius 3 is 2.40 bits per heavy atom. The molecule has 0 radical (unpaired) electrons. The number of amides is 1. The Balaban J connectivity index is 1.98. The maximum atomic E-state index is 11.9. The highest BCUT2D eigenvalue weighted by molar-refractivity contribution is 6.08. The molecule has 0 unspecified atom stereocenters. The molecule has 0 bridgehead atoms. The predicted octanol–water partition coefficient (Wildman–Crippen LogP) is 3.14. The van der Waals surface area contributed by atoms with Gasteiger partial charge in [-0.15, -0.1) is 0 Å². The van der Waals surface area contributed by atoms with Crippen LogP contribution in [0.1, 0.15) is 27.0 Å². The van der Waals surface area contributed by atoms with E-state index in [2.05, 4.69) is 18.4 Å². The molecule has 0 saturated heterocycles. The van der Waals surface area contributed by atoms with Crippen LogP contribution in [0.5, 0.6) is 0 Å². The fraction of sp³-hybridized carbons (Fsp3) is 0.0556. The van der Waals surface area contributed by atoms with Crippen LogP contribution < -0.4 is 0 Å². The van der Waals surface area contributed by atoms with Crippen LogP contribution in [0, 0.1) is 11.8 Å². The van der Waals surface area contributed by atoms with Gasteiger partial charge in [0.05, 0.1) is 0 Å². The van der Waals surface area contributed by atoms with E-state index in [1.807, 2.05) is 48.5 Å². The number of hydrogen-bond acceptors (Lipinski definition) is 1. The van der Waals surface area contributed by atoms with Gasteiger partial charge in [0.25, 0.3) is 5.91 Å². The van der Waals surface area contributed by atoms with E-state index >= 15 is 0 Å². The third-order valence-electron chi connectivity index (χ3n) is 3.40. The van der Waals surface area contributed by atoms with Crippen molar-refractivity contribution in [3.8, 4) is 11.8 Å². The first kappa shape index (κ1) is 12.3. The molecular formula is C18H13NO. The molecule has 0 N–H and O–H groups in total. The van der Waals surface area contributed by atoms with Gasteiger partial charge in [-0.25, -0.2) is 0 Å². The Kier molecular flexibility index (Phi) is 2.89. The lowest BCUT2D eigenvalue weighted by molar-refractivity contribution is 0.0875. The van der Waals surface area contributed by atoms with Crippen molar-refractivity contribution in [1.29, 1.82) is 0 Å². The lowest BCUT2D eigenvalue weighted by Crippen LogP contribution is -2.16. The van der Waals surface area contributed by atoms with Crippen molar-refractivity contribution in [1.82, 2.24) is 4.90 Å². The summed E-state index contributed by atoms with van der Waals surface area (Å²) in [5.74, 6) is 6.22. The summed E-state index contributed by atoms with van der Waals surface area (Å²) in [5.41, 5.74) is 4.16. The molecule has 1 amide bonds. The molecule has 2 nitrogen and oxygen atoms in total. The molecular weight excluding hydrogens is 246 g/mol. The lowest BCUT2D eigenvalue weighted by atomic mass is 10.0. The van der Waals surface area contributed by atoms with Crippen LogP contribution in [0.4, 0.5) is 0 Å². The number of benzene rings is 2. The SMILES string of the molecule is C=C1c2cc(C#Cc3ccccc3)ccc2C(=O)N1C. The Hall–Kier alpha value is -2.79. The Bertz CT molecular complexity index is 763. The van der Waals surface area contributed by atoms with E-state index in [4.69, 9.17) is 0 Å². The van der Waals surface area contributed by atoms with E-state index in [0.717, 1.165) is 22.4 Å². The average molecular weight is 259 g/mol. The zero-order valence-electron chi connectivity index (χ0n) is 11.2. The van der Waals surface area contributed by atoms with E-state index in [-0.39, 0.29) is 5.91 Å². The van der Waals surface area contributed by atoms with Crippen LogP contribution in [0.2, 0.25) is 0 Å². The molecule has 0 aliphatic carbocycles. The molecule has 2 aromatic rings. The van der Waals surface area contributed by atoms with Gasteiger partial charge in [-0.2, -0.15) is 0 Å². The smallest absolute Gasteiger partial charge is 0.258 e. The van der Waals surface area contributed by atoms with Crippen LogP contribution in [0.25, 0.3) is 5.70 Å². The summed E-state index contributed by atoms with van der Waals surface area (Å²) in [4.78, 5) is 13.5. The Labute approximate surface area is 118 Å². The van der Waals surface area contributed by atoms with Gasteiger partial charge in [0.2, 0.25) is 0 Å². The molecule has 96 valence electrons. The zero-order chi connectivity index (χ0) is 14.1. The highest BCUT2D eigenvalue weighted by Gasteiger charge is 2.27. The van der Waals surface area contributed by atoms with Gasteiger partial charge in [0.1, 0.15) is 0 Å². The molecule has 0 saturated carbocycles. The second-order valence-electron chi connectivity index (χ2n) is 4.69. The molecule has 0 aromatic heterocycles. The molecule has 1 heterocycles. The lowest BCUT2D eigenvalue weighted by Gasteiger charge is -2.08. The molecule has 2 aromatic carbocycles. The summed E-state index contributed by atoms with van der Waals surface area (Å²) in [5, 5.41) is 0. The van der Waals surface area contributed by atoms with E-state index in [9.17, 15) is 4.79 Å². The largest absolute Gasteiger partial charge is 0.311 e. The summed E-state index contributed by atoms with van der Waals surface area (Å²) in [6.07, 6.45) is 0. The van der Waals surface area contributed by atoms with Crippen molar-refractivity contribution in [3.63, 3.8) is 0 Å². The topological polar surface area (TPSA) is 20.3 Å². The first-order valence-electron chi connectivity index (χ1n) is 6.35. The Morgan fingerprint density at radius 2 is 1.65 bits per heavy atom. The van der Waals surface area contributed by atoms with E-state index < -0.39 is 0 Å². The highest BCUT2D eigenvalue weighted by atomic mass is 16.2. The zero-order valence-corrected chi connectivity index (χ0v) is 11.2. The highest BCUT2D eigenvalue weighted by Crippen LogP contribution is 2.30. The quantitative estimate of drug-likeness (QED) is 0.666. The van der Waals surface area contributed by atoms with Gasteiger partial charge in [-0.1, -0.05) is 36.6 Å². The second kappa shape index (κ2) is 4.71. The van der Waals surface area contributed by atoms with Crippen molar-refractivity contribution in [2.45, 2.75) is 0 Å². The van der Waals surface area contributed by atoms with Gasteiger partial charge >= 0.3 is 0 Å². The van der Waals surface area contributed by atoms with Crippen LogP contribution in [-0.2, 0) is 0 Å². The second-order valence-corrected chi connectivity index (χ2v) is 4.69. The molecule has 2 heteroatoms. The van der Waals surface area contributed by atoms with Crippen molar-refractivity contribution >= 4 is 11.6 Å². The number of rotatable bonds is 0. The van der Waals surface area contributed by atoms with E-state index in [1.165, 1.54) is 0 Å². The minimum Gasteiger partial charge on any atom is -0.311 e. The van der Waals surface area contributed by atoms with Gasteiger partial charge in [0, 0.05) is 35.0 Å². The van der Waals surface area contributed by atoms with Crippen molar-refractivity contribution < 1.29 is 4.79 Å². The summed E-state index contributed by atoms with van der Waals surface area (Å²) in [6.45, 7) is 3.94. The molecule has 20 heavy (non-hydrogen) atoms. The molecule has 3 rings (SSSR count). The molecule has 0 spiro atoms. The first-order valence-corrected chi connectivity index (χ1v) is 6.35. The van der Waals surface area contributed by atoms with Gasteiger partial charge in [-0.05, 0) is 30.3 Å². The summed E-state index contributed by atoms with van der Waals surface area (Å²) >= 11 is 0. The standard InChI is InChI=1S/C18H13NO/c1-13-17-12-15(9-8-14-6-4-3-5-7-14)10-11-16(17)18(20)19(13)2/h3-7,10-12H,1H2,2H3. The first-order chi connectivity index (χ1) is 9.66. The maximum Gasteiger partial charge on any atom is 0.258 e. The minimum atomic E-state index is -0.00688. The number of fused-ring (bicyclic) bond motifs is 1. The Morgan fingerprint density at radius 1 is 0.950 bits per heavy atom. The van der Waals surface area contributed by atoms with Crippen molar-refractivity contribution in [2.24, 2.45) is 0 Å². The van der Waals surface area contributed by atoms with Gasteiger partial charge in [0.15, 0.2) is 0 Å². The van der Waals surface area contributed by atoms with Crippen molar-refractivity contribution in [2.75, 3.05) is 7.05 Å². The number of hydrogen-bond donors (Lipinski definition) is 0. The number of carbonyl (C=O) groups is 1. The molecule has 0 fully saturated rings. The molecule has 0 atom stereocenters. The summed E-state index contributed by atoms with van der Waals surface area (Å²) in [6, 6.07) is 15.4. The number of nitrogens with zero attached hydrogens (tertiary/aromatic N) is 1. The van der Waals surface area contributed by atoms with E-state index in [0.29, 0.717) is 5.56 Å². The van der Waals surface area contributed by atoms with Crippen LogP contribution >= 0.6 is 0 Å². The third kappa shape index (κ3) is 2.00. The summed E-state index contributed by atoms with van der Waals surface area (Å²) < 4.78 is 0. The van der Waals surface area contributed by atoms with E-state index in [1.54, 1.807) is 11.9 Å². The van der Waals surface area contributed by atoms with Gasteiger partial charge < -0.3 is 4.90 Å². The normalized spacial score (nSPS) is 12.9. The molecule has 1 aliphatic heterocycles. The maximum absolute atomic E-state index is 11.9. The molecule has 1 aliphatic rings. The fourth-order valence-electron chi connectivity index (χ4n) is 2.20.